The van der Waals surface area contributed by atoms with Gasteiger partial charge in [0.05, 0.1) is 15.9 Å². The first-order valence-electron chi connectivity index (χ1n) is 17.0. The number of thiazole rings is 1. The number of nitrogens with one attached hydrogen (secondary N) is 1. The molecule has 4 bridgehead atoms. The zero-order valence-electron chi connectivity index (χ0n) is 26.9. The smallest absolute Gasteiger partial charge is 0.355 e. The van der Waals surface area contributed by atoms with Crippen LogP contribution in [-0.4, -0.2) is 48.5 Å². The molecular formula is C37H37N7O3S. The lowest BCUT2D eigenvalue weighted by atomic mass is 9.49. The van der Waals surface area contributed by atoms with Gasteiger partial charge in [-0.2, -0.15) is 0 Å². The summed E-state index contributed by atoms with van der Waals surface area (Å²) in [6.45, 7) is 3.94. The lowest BCUT2D eigenvalue weighted by Gasteiger charge is -2.56. The number of benzene rings is 2. The van der Waals surface area contributed by atoms with Gasteiger partial charge < -0.3 is 10.0 Å². The third kappa shape index (κ3) is 5.06. The van der Waals surface area contributed by atoms with Crippen molar-refractivity contribution >= 4 is 44.4 Å². The van der Waals surface area contributed by atoms with Crippen LogP contribution in [0.25, 0.3) is 21.5 Å². The Balaban J connectivity index is 0.970. The maximum absolute atomic E-state index is 13.5. The van der Waals surface area contributed by atoms with Gasteiger partial charge in [-0.25, -0.2) is 19.4 Å². The van der Waals surface area contributed by atoms with Gasteiger partial charge in [0, 0.05) is 30.8 Å². The van der Waals surface area contributed by atoms with E-state index in [0.717, 1.165) is 51.3 Å². The fourth-order valence-electron chi connectivity index (χ4n) is 9.62. The van der Waals surface area contributed by atoms with Crippen LogP contribution < -0.4 is 10.2 Å². The fraction of sp³-hybridized carbons (Fsp3) is 0.405. The van der Waals surface area contributed by atoms with E-state index in [-0.39, 0.29) is 17.0 Å². The van der Waals surface area contributed by atoms with E-state index >= 15 is 0 Å². The van der Waals surface area contributed by atoms with Gasteiger partial charge in [0.25, 0.3) is 5.91 Å². The minimum atomic E-state index is -1.10. The predicted molar refractivity (Wildman–Crippen MR) is 184 cm³/mol. The number of anilines is 2. The van der Waals surface area contributed by atoms with Crippen molar-refractivity contribution in [3.63, 3.8) is 0 Å². The Morgan fingerprint density at radius 1 is 0.979 bits per heavy atom. The summed E-state index contributed by atoms with van der Waals surface area (Å²) in [5.74, 6) is 1.79. The van der Waals surface area contributed by atoms with Crippen LogP contribution in [0.3, 0.4) is 0 Å². The number of fused-ring (bicyclic) bond motifs is 2. The zero-order valence-corrected chi connectivity index (χ0v) is 27.7. The number of hydrogen-bond acceptors (Lipinski definition) is 8. The van der Waals surface area contributed by atoms with Crippen molar-refractivity contribution in [1.29, 1.82) is 0 Å². The number of pyridine rings is 1. The second kappa shape index (κ2) is 11.2. The number of hydrogen-bond donors (Lipinski definition) is 2. The van der Waals surface area contributed by atoms with Crippen LogP contribution >= 0.6 is 11.3 Å². The fourth-order valence-corrected chi connectivity index (χ4v) is 10.5. The molecule has 0 spiro atoms. The maximum atomic E-state index is 13.5. The quantitative estimate of drug-likeness (QED) is 0.192. The topological polar surface area (TPSA) is 126 Å². The zero-order chi connectivity index (χ0) is 32.6. The number of carbonyl (C=O) groups is 2. The number of aromatic nitrogens is 5. The number of carboxylic acids is 1. The molecule has 1 aliphatic heterocycles. The predicted octanol–water partition coefficient (Wildman–Crippen LogP) is 6.99. The van der Waals surface area contributed by atoms with Gasteiger partial charge >= 0.3 is 5.97 Å². The van der Waals surface area contributed by atoms with E-state index in [2.05, 4.69) is 31.7 Å². The summed E-state index contributed by atoms with van der Waals surface area (Å²) in [6.07, 6.45) is 8.70. The normalized spacial score (nSPS) is 24.2. The largest absolute Gasteiger partial charge is 0.476 e. The number of nitrogens with zero attached hydrogens (tertiary/aromatic N) is 6. The summed E-state index contributed by atoms with van der Waals surface area (Å²) in [5, 5.41) is 23.0. The van der Waals surface area contributed by atoms with Gasteiger partial charge in [-0.1, -0.05) is 40.8 Å². The van der Waals surface area contributed by atoms with Crippen molar-refractivity contribution in [2.24, 2.45) is 23.2 Å². The van der Waals surface area contributed by atoms with Crippen LogP contribution in [0.1, 0.15) is 76.2 Å². The third-order valence-corrected chi connectivity index (χ3v) is 12.3. The minimum Gasteiger partial charge on any atom is -0.476 e. The second-order valence-electron chi connectivity index (χ2n) is 14.5. The minimum absolute atomic E-state index is 0.0369. The second-order valence-corrected chi connectivity index (χ2v) is 15.6. The highest BCUT2D eigenvalue weighted by Crippen LogP contribution is 2.60. The number of carboxylic acid groups (broad SMARTS) is 1. The molecule has 5 aromatic rings. The molecular weight excluding hydrogens is 623 g/mol. The molecule has 244 valence electrons. The molecule has 2 aromatic carbocycles. The van der Waals surface area contributed by atoms with E-state index < -0.39 is 5.97 Å². The summed E-state index contributed by atoms with van der Waals surface area (Å²) >= 11 is 1.44. The van der Waals surface area contributed by atoms with Gasteiger partial charge in [0.1, 0.15) is 11.5 Å². The Bertz CT molecular complexity index is 2030. The molecule has 4 saturated carbocycles. The summed E-state index contributed by atoms with van der Waals surface area (Å²) in [4.78, 5) is 37.4. The molecule has 10 rings (SSSR count). The molecule has 0 radical (unpaired) electrons. The van der Waals surface area contributed by atoms with E-state index in [1.165, 1.54) is 49.9 Å². The first kappa shape index (κ1) is 29.5. The molecule has 11 heteroatoms. The van der Waals surface area contributed by atoms with Crippen LogP contribution in [0.5, 0.6) is 0 Å². The molecule has 10 nitrogen and oxygen atoms in total. The van der Waals surface area contributed by atoms with E-state index in [1.54, 1.807) is 0 Å². The van der Waals surface area contributed by atoms with Crippen molar-refractivity contribution < 1.29 is 14.7 Å². The van der Waals surface area contributed by atoms with Crippen LogP contribution in [0.4, 0.5) is 10.9 Å². The lowest BCUT2D eigenvalue weighted by molar-refractivity contribution is -0.0640. The standard InChI is InChI=1S/C37H37N7O3S/c1-21-32(41-42-44(21)20-37-16-22-13-23(17-37)15-24(14-22)18-37)27-9-10-31(39-33(27)35(46)47)43-12-11-25-5-4-6-26(28(25)19-43)34(45)40-36-38-29-7-2-3-8-30(29)48-36/h2-10,22-24H,11-20H2,1H3,(H,46,47)(H,38,40,45). The van der Waals surface area contributed by atoms with Gasteiger partial charge in [0.2, 0.25) is 0 Å². The average Bonchev–Trinajstić information content (AvgIpc) is 3.65. The highest BCUT2D eigenvalue weighted by molar-refractivity contribution is 7.22. The third-order valence-electron chi connectivity index (χ3n) is 11.3. The van der Waals surface area contributed by atoms with Gasteiger partial charge in [-0.3, -0.25) is 10.1 Å². The summed E-state index contributed by atoms with van der Waals surface area (Å²) in [5.41, 5.74) is 5.64. The lowest BCUT2D eigenvalue weighted by Crippen LogP contribution is -2.48. The molecule has 4 fully saturated rings. The highest BCUT2D eigenvalue weighted by atomic mass is 32.1. The molecule has 4 aliphatic carbocycles. The molecule has 48 heavy (non-hydrogen) atoms. The number of aromatic carboxylic acids is 1. The number of para-hydroxylation sites is 1. The van der Waals surface area contributed by atoms with Crippen LogP contribution in [0, 0.1) is 30.1 Å². The summed E-state index contributed by atoms with van der Waals surface area (Å²) in [6, 6.07) is 17.3. The molecule has 0 atom stereocenters. The van der Waals surface area contributed by atoms with E-state index in [1.807, 2.05) is 65.0 Å². The van der Waals surface area contributed by atoms with Gasteiger partial charge in [-0.15, -0.1) is 5.10 Å². The maximum Gasteiger partial charge on any atom is 0.355 e. The monoisotopic (exact) mass is 659 g/mol. The Labute approximate surface area is 282 Å². The first-order valence-corrected chi connectivity index (χ1v) is 17.8. The van der Waals surface area contributed by atoms with Crippen LogP contribution in [-0.2, 0) is 19.5 Å². The Hall–Kier alpha value is -4.64. The van der Waals surface area contributed by atoms with Crippen LogP contribution in [0.15, 0.2) is 54.6 Å². The first-order chi connectivity index (χ1) is 23.3. The molecule has 5 aliphatic rings. The molecule has 3 aromatic heterocycles. The van der Waals surface area contributed by atoms with E-state index in [0.29, 0.717) is 47.3 Å². The average molecular weight is 660 g/mol. The van der Waals surface area contributed by atoms with Crippen molar-refractivity contribution in [3.05, 3.63) is 82.7 Å². The van der Waals surface area contributed by atoms with Gasteiger partial charge in [0.15, 0.2) is 10.8 Å². The summed E-state index contributed by atoms with van der Waals surface area (Å²) < 4.78 is 3.03. The van der Waals surface area contributed by atoms with Gasteiger partial charge in [-0.05, 0) is 116 Å². The Kier molecular flexibility index (Phi) is 6.90. The molecule has 0 unspecified atom stereocenters. The molecule has 1 amide bonds. The number of carbonyl (C=O) groups excluding carboxylic acids is 1. The van der Waals surface area contributed by atoms with Crippen LogP contribution in [0.2, 0.25) is 0 Å². The van der Waals surface area contributed by atoms with E-state index in [4.69, 9.17) is 0 Å². The SMILES string of the molecule is Cc1c(-c2ccc(N3CCc4cccc(C(=O)Nc5nc6ccccc6s5)c4C3)nc2C(=O)O)nnn1CC12CC3CC(CC(C3)C1)C2. The molecule has 4 heterocycles. The summed E-state index contributed by atoms with van der Waals surface area (Å²) in [7, 11) is 0. The van der Waals surface area contributed by atoms with Crippen molar-refractivity contribution in [3.8, 4) is 11.3 Å². The van der Waals surface area contributed by atoms with E-state index in [9.17, 15) is 14.7 Å². The van der Waals surface area contributed by atoms with Crippen molar-refractivity contribution in [2.45, 2.75) is 65.0 Å². The van der Waals surface area contributed by atoms with Crippen molar-refractivity contribution in [2.75, 3.05) is 16.8 Å². The highest BCUT2D eigenvalue weighted by Gasteiger charge is 2.51. The Morgan fingerprint density at radius 3 is 2.50 bits per heavy atom. The number of rotatable bonds is 7. The molecule has 0 saturated heterocycles. The number of amides is 1. The van der Waals surface area contributed by atoms with Crippen molar-refractivity contribution in [1.82, 2.24) is 25.0 Å². The molecule has 2 N–H and O–H groups in total. The Morgan fingerprint density at radius 2 is 1.75 bits per heavy atom.